The predicted octanol–water partition coefficient (Wildman–Crippen LogP) is 1.73. The summed E-state index contributed by atoms with van der Waals surface area (Å²) in [5, 5.41) is -0.0656. The molecule has 2 rings (SSSR count). The van der Waals surface area contributed by atoms with Gasteiger partial charge in [-0.05, 0) is 11.6 Å². The van der Waals surface area contributed by atoms with Crippen molar-refractivity contribution in [3.05, 3.63) is 29.7 Å². The second kappa shape index (κ2) is 4.36. The summed E-state index contributed by atoms with van der Waals surface area (Å²) in [6, 6.07) is 0. The van der Waals surface area contributed by atoms with Crippen molar-refractivity contribution in [1.82, 2.24) is 19.9 Å². The van der Waals surface area contributed by atoms with Gasteiger partial charge in [-0.1, -0.05) is 0 Å². The van der Waals surface area contributed by atoms with Crippen LogP contribution in [0.25, 0.3) is 11.4 Å². The molecule has 2 heterocycles. The number of methoxy groups -OCH3 is 1. The second-order valence-corrected chi connectivity index (χ2v) is 3.09. The van der Waals surface area contributed by atoms with Crippen LogP contribution in [0.5, 0.6) is 5.88 Å². The molecule has 0 aromatic carbocycles. The molecule has 0 bridgehead atoms. The van der Waals surface area contributed by atoms with Crippen molar-refractivity contribution in [3.63, 3.8) is 0 Å². The lowest BCUT2D eigenvalue weighted by Crippen LogP contribution is -1.99. The van der Waals surface area contributed by atoms with Crippen molar-refractivity contribution in [2.24, 2.45) is 0 Å². The number of rotatable bonds is 2. The van der Waals surface area contributed by atoms with Crippen molar-refractivity contribution >= 4 is 11.6 Å². The van der Waals surface area contributed by atoms with Gasteiger partial charge in [-0.25, -0.2) is 24.3 Å². The van der Waals surface area contributed by atoms with E-state index in [-0.39, 0.29) is 22.6 Å². The van der Waals surface area contributed by atoms with Crippen LogP contribution in [0.2, 0.25) is 5.28 Å². The van der Waals surface area contributed by atoms with Gasteiger partial charge in [-0.3, -0.25) is 0 Å². The molecule has 0 N–H and O–H groups in total. The van der Waals surface area contributed by atoms with E-state index < -0.39 is 5.82 Å². The Morgan fingerprint density at radius 3 is 2.69 bits per heavy atom. The molecule has 0 saturated heterocycles. The van der Waals surface area contributed by atoms with Crippen molar-refractivity contribution < 1.29 is 9.13 Å². The molecule has 82 valence electrons. The van der Waals surface area contributed by atoms with Gasteiger partial charge in [-0.2, -0.15) is 0 Å². The van der Waals surface area contributed by atoms with Crippen LogP contribution in [0.15, 0.2) is 18.6 Å². The Morgan fingerprint density at radius 2 is 1.94 bits per heavy atom. The summed E-state index contributed by atoms with van der Waals surface area (Å²) in [7, 11) is 1.41. The van der Waals surface area contributed by atoms with Gasteiger partial charge in [0.05, 0.1) is 13.3 Å². The van der Waals surface area contributed by atoms with Gasteiger partial charge in [0.1, 0.15) is 5.69 Å². The molecule has 0 aliphatic heterocycles. The first-order valence-electron chi connectivity index (χ1n) is 4.25. The molecular formula is C9H6ClFN4O. The third-order valence-corrected chi connectivity index (χ3v) is 1.98. The number of ether oxygens (including phenoxy) is 1. The van der Waals surface area contributed by atoms with Gasteiger partial charge in [-0.15, -0.1) is 0 Å². The zero-order valence-corrected chi connectivity index (χ0v) is 8.94. The molecule has 0 aliphatic rings. The largest absolute Gasteiger partial charge is 0.479 e. The second-order valence-electron chi connectivity index (χ2n) is 2.75. The molecule has 5 nitrogen and oxygen atoms in total. The summed E-state index contributed by atoms with van der Waals surface area (Å²) in [6.45, 7) is 0. The monoisotopic (exact) mass is 240 g/mol. The SMILES string of the molecule is COc1nccnc1-c1nc(Cl)ncc1F. The normalized spacial score (nSPS) is 10.2. The van der Waals surface area contributed by atoms with E-state index in [1.165, 1.54) is 19.5 Å². The van der Waals surface area contributed by atoms with Crippen LogP contribution in [0.3, 0.4) is 0 Å². The van der Waals surface area contributed by atoms with Gasteiger partial charge in [0, 0.05) is 12.4 Å². The number of nitrogens with zero attached hydrogens (tertiary/aromatic N) is 4. The maximum atomic E-state index is 13.5. The van der Waals surface area contributed by atoms with Crippen LogP contribution >= 0.6 is 11.6 Å². The number of hydrogen-bond acceptors (Lipinski definition) is 5. The summed E-state index contributed by atoms with van der Waals surface area (Å²) in [6.07, 6.45) is 3.81. The highest BCUT2D eigenvalue weighted by atomic mass is 35.5. The molecule has 0 fully saturated rings. The summed E-state index contributed by atoms with van der Waals surface area (Å²) >= 11 is 5.58. The van der Waals surface area contributed by atoms with Crippen molar-refractivity contribution in [2.75, 3.05) is 7.11 Å². The standard InChI is InChI=1S/C9H6ClFN4O/c1-16-8-7(12-2-3-13-8)6-5(11)4-14-9(10)15-6/h2-4H,1H3. The van der Waals surface area contributed by atoms with E-state index in [1.807, 2.05) is 0 Å². The minimum Gasteiger partial charge on any atom is -0.479 e. The van der Waals surface area contributed by atoms with Crippen LogP contribution in [0.4, 0.5) is 4.39 Å². The Bertz CT molecular complexity index is 523. The Labute approximate surface area is 95.3 Å². The van der Waals surface area contributed by atoms with Crippen LogP contribution in [-0.2, 0) is 0 Å². The number of hydrogen-bond donors (Lipinski definition) is 0. The third-order valence-electron chi connectivity index (χ3n) is 1.80. The Balaban J connectivity index is 2.62. The fraction of sp³-hybridized carbons (Fsp3) is 0.111. The first kappa shape index (κ1) is 10.7. The van der Waals surface area contributed by atoms with Gasteiger partial charge >= 0.3 is 0 Å². The van der Waals surface area contributed by atoms with Gasteiger partial charge in [0.25, 0.3) is 0 Å². The highest BCUT2D eigenvalue weighted by Crippen LogP contribution is 2.25. The van der Waals surface area contributed by atoms with Crippen LogP contribution in [-0.4, -0.2) is 27.0 Å². The molecule has 0 radical (unpaired) electrons. The van der Waals surface area contributed by atoms with Crippen LogP contribution in [0.1, 0.15) is 0 Å². The molecule has 0 aliphatic carbocycles. The van der Waals surface area contributed by atoms with E-state index in [0.717, 1.165) is 6.20 Å². The quantitative estimate of drug-likeness (QED) is 0.748. The smallest absolute Gasteiger partial charge is 0.242 e. The molecule has 0 amide bonds. The van der Waals surface area contributed by atoms with E-state index in [4.69, 9.17) is 16.3 Å². The molecule has 7 heteroatoms. The Hall–Kier alpha value is -1.82. The van der Waals surface area contributed by atoms with E-state index in [2.05, 4.69) is 19.9 Å². The highest BCUT2D eigenvalue weighted by molar-refractivity contribution is 6.28. The van der Waals surface area contributed by atoms with Crippen molar-refractivity contribution in [1.29, 1.82) is 0 Å². The molecule has 2 aromatic heterocycles. The minimum absolute atomic E-state index is 0.0371. The summed E-state index contributed by atoms with van der Waals surface area (Å²) in [4.78, 5) is 15.1. The zero-order chi connectivity index (χ0) is 11.5. The molecule has 0 spiro atoms. The topological polar surface area (TPSA) is 60.8 Å². The molecule has 16 heavy (non-hydrogen) atoms. The molecule has 0 atom stereocenters. The summed E-state index contributed by atoms with van der Waals surface area (Å²) in [5.41, 5.74) is 0.150. The number of aromatic nitrogens is 4. The Morgan fingerprint density at radius 1 is 1.19 bits per heavy atom. The fourth-order valence-electron chi connectivity index (χ4n) is 1.15. The van der Waals surface area contributed by atoms with Crippen LogP contribution < -0.4 is 4.74 Å². The predicted molar refractivity (Wildman–Crippen MR) is 54.6 cm³/mol. The lowest BCUT2D eigenvalue weighted by Gasteiger charge is -2.05. The van der Waals surface area contributed by atoms with Crippen LogP contribution in [0, 0.1) is 5.82 Å². The maximum Gasteiger partial charge on any atom is 0.242 e. The zero-order valence-electron chi connectivity index (χ0n) is 8.19. The minimum atomic E-state index is -0.636. The lowest BCUT2D eigenvalue weighted by atomic mass is 10.3. The Kier molecular flexibility index (Phi) is 2.91. The maximum absolute atomic E-state index is 13.5. The first-order valence-corrected chi connectivity index (χ1v) is 4.63. The van der Waals surface area contributed by atoms with Gasteiger partial charge in [0.15, 0.2) is 11.5 Å². The summed E-state index contributed by atoms with van der Waals surface area (Å²) < 4.78 is 18.4. The average Bonchev–Trinajstić information content (AvgIpc) is 2.32. The average molecular weight is 241 g/mol. The van der Waals surface area contributed by atoms with E-state index in [9.17, 15) is 4.39 Å². The molecule has 0 saturated carbocycles. The first-order chi connectivity index (χ1) is 7.72. The van der Waals surface area contributed by atoms with E-state index in [0.29, 0.717) is 0 Å². The highest BCUT2D eigenvalue weighted by Gasteiger charge is 2.15. The van der Waals surface area contributed by atoms with Gasteiger partial charge in [0.2, 0.25) is 11.2 Å². The lowest BCUT2D eigenvalue weighted by molar-refractivity contribution is 0.397. The summed E-state index contributed by atoms with van der Waals surface area (Å²) in [5.74, 6) is -0.459. The van der Waals surface area contributed by atoms with Crippen molar-refractivity contribution in [3.8, 4) is 17.3 Å². The van der Waals surface area contributed by atoms with Gasteiger partial charge < -0.3 is 4.74 Å². The molecule has 0 unspecified atom stereocenters. The van der Waals surface area contributed by atoms with Crippen molar-refractivity contribution in [2.45, 2.75) is 0 Å². The molecular weight excluding hydrogens is 235 g/mol. The molecule has 2 aromatic rings. The fourth-order valence-corrected chi connectivity index (χ4v) is 1.28. The number of halogens is 2. The van der Waals surface area contributed by atoms with E-state index >= 15 is 0 Å². The third kappa shape index (κ3) is 1.92. The van der Waals surface area contributed by atoms with E-state index in [1.54, 1.807) is 0 Å².